The number of halogens is 2. The zero-order valence-electron chi connectivity index (χ0n) is 8.13. The van der Waals surface area contributed by atoms with Gasteiger partial charge < -0.3 is 0 Å². The standard InChI is InChI=1S/C13H6BrFO/c14-11-6-7(15)5-10-12(11)8-3-1-2-4-9(8)13(10)16/h1-6H. The molecule has 0 radical (unpaired) electrons. The Hall–Kier alpha value is -1.48. The first-order chi connectivity index (χ1) is 7.68. The summed E-state index contributed by atoms with van der Waals surface area (Å²) in [6.07, 6.45) is 0. The quantitative estimate of drug-likeness (QED) is 0.610. The van der Waals surface area contributed by atoms with Gasteiger partial charge in [-0.05, 0) is 17.7 Å². The Labute approximate surface area is 100 Å². The van der Waals surface area contributed by atoms with Crippen LogP contribution in [0, 0.1) is 5.82 Å². The summed E-state index contributed by atoms with van der Waals surface area (Å²) in [6, 6.07) is 10.0. The predicted molar refractivity (Wildman–Crippen MR) is 63.0 cm³/mol. The molecule has 0 unspecified atom stereocenters. The van der Waals surface area contributed by atoms with E-state index in [-0.39, 0.29) is 5.78 Å². The second kappa shape index (κ2) is 3.25. The maximum atomic E-state index is 13.2. The summed E-state index contributed by atoms with van der Waals surface area (Å²) in [7, 11) is 0. The molecule has 16 heavy (non-hydrogen) atoms. The van der Waals surface area contributed by atoms with Gasteiger partial charge in [0.05, 0.1) is 0 Å². The van der Waals surface area contributed by atoms with Crippen molar-refractivity contribution in [2.24, 2.45) is 0 Å². The van der Waals surface area contributed by atoms with Crippen molar-refractivity contribution in [2.75, 3.05) is 0 Å². The second-order valence-corrected chi connectivity index (χ2v) is 4.54. The van der Waals surface area contributed by atoms with Gasteiger partial charge in [-0.25, -0.2) is 4.39 Å². The molecule has 0 spiro atoms. The molecule has 0 atom stereocenters. The molecule has 3 rings (SSSR count). The minimum absolute atomic E-state index is 0.106. The lowest BCUT2D eigenvalue weighted by molar-refractivity contribution is 0.104. The molecule has 0 N–H and O–H groups in total. The molecule has 1 nitrogen and oxygen atoms in total. The smallest absolute Gasteiger partial charge is 0.194 e. The molecule has 1 aliphatic rings. The van der Waals surface area contributed by atoms with E-state index in [2.05, 4.69) is 15.9 Å². The molecule has 2 aromatic carbocycles. The second-order valence-electron chi connectivity index (χ2n) is 3.68. The lowest BCUT2D eigenvalue weighted by Gasteiger charge is -2.02. The van der Waals surface area contributed by atoms with Crippen LogP contribution in [0.5, 0.6) is 0 Å². The number of hydrogen-bond donors (Lipinski definition) is 0. The lowest BCUT2D eigenvalue weighted by atomic mass is 10.1. The number of ketones is 1. The van der Waals surface area contributed by atoms with Crippen LogP contribution < -0.4 is 0 Å². The Morgan fingerprint density at radius 1 is 1.00 bits per heavy atom. The van der Waals surface area contributed by atoms with Gasteiger partial charge in [0, 0.05) is 21.2 Å². The van der Waals surface area contributed by atoms with Crippen LogP contribution in [0.25, 0.3) is 11.1 Å². The van der Waals surface area contributed by atoms with Gasteiger partial charge in [-0.3, -0.25) is 4.79 Å². The molecule has 0 fully saturated rings. The van der Waals surface area contributed by atoms with E-state index in [0.29, 0.717) is 15.6 Å². The third-order valence-electron chi connectivity index (χ3n) is 2.74. The average molecular weight is 277 g/mol. The van der Waals surface area contributed by atoms with Crippen LogP contribution in [-0.4, -0.2) is 5.78 Å². The number of carbonyl (C=O) groups excluding carboxylic acids is 1. The van der Waals surface area contributed by atoms with Crippen LogP contribution in [0.15, 0.2) is 40.9 Å². The van der Waals surface area contributed by atoms with Crippen molar-refractivity contribution < 1.29 is 9.18 Å². The van der Waals surface area contributed by atoms with E-state index in [1.807, 2.05) is 18.2 Å². The number of benzene rings is 2. The molecule has 0 amide bonds. The summed E-state index contributed by atoms with van der Waals surface area (Å²) in [4.78, 5) is 12.0. The number of fused-ring (bicyclic) bond motifs is 3. The monoisotopic (exact) mass is 276 g/mol. The topological polar surface area (TPSA) is 17.1 Å². The van der Waals surface area contributed by atoms with Gasteiger partial charge in [0.15, 0.2) is 5.78 Å². The summed E-state index contributed by atoms with van der Waals surface area (Å²) in [5.74, 6) is -0.502. The Balaban J connectivity index is 2.43. The summed E-state index contributed by atoms with van der Waals surface area (Å²) in [5, 5.41) is 0. The summed E-state index contributed by atoms with van der Waals surface area (Å²) in [5.41, 5.74) is 2.74. The number of carbonyl (C=O) groups is 1. The molecular formula is C13H6BrFO. The molecule has 0 bridgehead atoms. The molecule has 3 heteroatoms. The third-order valence-corrected chi connectivity index (χ3v) is 3.37. The first-order valence-corrected chi connectivity index (χ1v) is 5.61. The van der Waals surface area contributed by atoms with Crippen molar-refractivity contribution >= 4 is 21.7 Å². The molecule has 0 heterocycles. The van der Waals surface area contributed by atoms with Gasteiger partial charge in [0.25, 0.3) is 0 Å². The maximum absolute atomic E-state index is 13.2. The van der Waals surface area contributed by atoms with Crippen LogP contribution in [0.4, 0.5) is 4.39 Å². The zero-order chi connectivity index (χ0) is 11.3. The fraction of sp³-hybridized carbons (Fsp3) is 0. The molecule has 2 aromatic rings. The average Bonchev–Trinajstić information content (AvgIpc) is 2.54. The first-order valence-electron chi connectivity index (χ1n) is 4.81. The third kappa shape index (κ3) is 1.18. The van der Waals surface area contributed by atoms with E-state index in [4.69, 9.17) is 0 Å². The highest BCUT2D eigenvalue weighted by molar-refractivity contribution is 9.10. The molecule has 1 aliphatic carbocycles. The summed E-state index contributed by atoms with van der Waals surface area (Å²) < 4.78 is 13.9. The van der Waals surface area contributed by atoms with E-state index >= 15 is 0 Å². The molecule has 0 saturated carbocycles. The van der Waals surface area contributed by atoms with Crippen molar-refractivity contribution in [3.8, 4) is 11.1 Å². The van der Waals surface area contributed by atoms with Crippen LogP contribution in [0.3, 0.4) is 0 Å². The fourth-order valence-corrected chi connectivity index (χ4v) is 2.72. The SMILES string of the molecule is O=C1c2ccccc2-c2c(Br)cc(F)cc21. The van der Waals surface area contributed by atoms with Crippen molar-refractivity contribution in [1.82, 2.24) is 0 Å². The van der Waals surface area contributed by atoms with E-state index < -0.39 is 5.82 Å². The lowest BCUT2D eigenvalue weighted by Crippen LogP contribution is -1.95. The maximum Gasteiger partial charge on any atom is 0.194 e. The Bertz CT molecular complexity index is 619. The van der Waals surface area contributed by atoms with Crippen LogP contribution in [0.2, 0.25) is 0 Å². The Morgan fingerprint density at radius 2 is 1.69 bits per heavy atom. The van der Waals surface area contributed by atoms with Gasteiger partial charge in [0.2, 0.25) is 0 Å². The van der Waals surface area contributed by atoms with Gasteiger partial charge in [-0.1, -0.05) is 40.2 Å². The summed E-state index contributed by atoms with van der Waals surface area (Å²) >= 11 is 3.30. The Morgan fingerprint density at radius 3 is 2.44 bits per heavy atom. The first kappa shape index (κ1) is 9.73. The normalized spacial score (nSPS) is 12.5. The van der Waals surface area contributed by atoms with Crippen molar-refractivity contribution in [3.05, 3.63) is 57.8 Å². The molecule has 0 aromatic heterocycles. The largest absolute Gasteiger partial charge is 0.289 e. The molecule has 0 saturated heterocycles. The Kier molecular flexibility index (Phi) is 1.98. The highest BCUT2D eigenvalue weighted by Gasteiger charge is 2.28. The highest BCUT2D eigenvalue weighted by atomic mass is 79.9. The van der Waals surface area contributed by atoms with Crippen LogP contribution >= 0.6 is 15.9 Å². The predicted octanol–water partition coefficient (Wildman–Crippen LogP) is 3.80. The highest BCUT2D eigenvalue weighted by Crippen LogP contribution is 2.41. The van der Waals surface area contributed by atoms with Crippen molar-refractivity contribution in [2.45, 2.75) is 0 Å². The number of hydrogen-bond acceptors (Lipinski definition) is 1. The molecular weight excluding hydrogens is 271 g/mol. The van der Waals surface area contributed by atoms with Crippen LogP contribution in [-0.2, 0) is 0 Å². The van der Waals surface area contributed by atoms with Gasteiger partial charge in [0.1, 0.15) is 5.82 Å². The van der Waals surface area contributed by atoms with Gasteiger partial charge in [-0.15, -0.1) is 0 Å². The fourth-order valence-electron chi connectivity index (χ4n) is 2.07. The molecule has 78 valence electrons. The van der Waals surface area contributed by atoms with E-state index in [9.17, 15) is 9.18 Å². The van der Waals surface area contributed by atoms with Crippen molar-refractivity contribution in [3.63, 3.8) is 0 Å². The minimum atomic E-state index is -0.396. The van der Waals surface area contributed by atoms with Crippen LogP contribution in [0.1, 0.15) is 15.9 Å². The van der Waals surface area contributed by atoms with Gasteiger partial charge >= 0.3 is 0 Å². The molecule has 0 aliphatic heterocycles. The zero-order valence-corrected chi connectivity index (χ0v) is 9.71. The van der Waals surface area contributed by atoms with E-state index in [1.54, 1.807) is 6.07 Å². The number of rotatable bonds is 0. The van der Waals surface area contributed by atoms with Gasteiger partial charge in [-0.2, -0.15) is 0 Å². The summed E-state index contributed by atoms with van der Waals surface area (Å²) in [6.45, 7) is 0. The minimum Gasteiger partial charge on any atom is -0.289 e. The van der Waals surface area contributed by atoms with Crippen molar-refractivity contribution in [1.29, 1.82) is 0 Å². The van der Waals surface area contributed by atoms with E-state index in [0.717, 1.165) is 11.1 Å². The van der Waals surface area contributed by atoms with E-state index in [1.165, 1.54) is 12.1 Å².